The van der Waals surface area contributed by atoms with Gasteiger partial charge in [0.2, 0.25) is 5.24 Å². The summed E-state index contributed by atoms with van der Waals surface area (Å²) in [5, 5.41) is 2.51. The van der Waals surface area contributed by atoms with E-state index in [4.69, 9.17) is 11.6 Å². The van der Waals surface area contributed by atoms with E-state index in [0.29, 0.717) is 25.2 Å². The highest BCUT2D eigenvalue weighted by Crippen LogP contribution is 2.32. The molecule has 0 fully saturated rings. The second kappa shape index (κ2) is 9.52. The Morgan fingerprint density at radius 3 is 2.59 bits per heavy atom. The summed E-state index contributed by atoms with van der Waals surface area (Å²) in [5.74, 6) is 3.01. The molecule has 162 valence electrons. The van der Waals surface area contributed by atoms with Crippen molar-refractivity contribution in [1.82, 2.24) is 4.90 Å². The molecule has 5 nitrogen and oxygen atoms in total. The number of hydrogen-bond donors (Lipinski definition) is 1. The number of benzene rings is 2. The Hall–Kier alpha value is -3.20. The molecule has 2 unspecified atom stereocenters. The van der Waals surface area contributed by atoms with Gasteiger partial charge in [-0.25, -0.2) is 0 Å². The Balaban J connectivity index is 1.56. The van der Waals surface area contributed by atoms with Crippen LogP contribution in [0.5, 0.6) is 0 Å². The highest BCUT2D eigenvalue weighted by molar-refractivity contribution is 6.66. The van der Waals surface area contributed by atoms with Crippen molar-refractivity contribution < 1.29 is 14.4 Å². The summed E-state index contributed by atoms with van der Waals surface area (Å²) in [5.41, 5.74) is 3.73. The summed E-state index contributed by atoms with van der Waals surface area (Å²) in [6.45, 7) is 2.99. The smallest absolute Gasteiger partial charge is 0.237 e. The average Bonchev–Trinajstić information content (AvgIpc) is 2.80. The van der Waals surface area contributed by atoms with Gasteiger partial charge in [-0.15, -0.1) is 0 Å². The van der Waals surface area contributed by atoms with Gasteiger partial charge in [0, 0.05) is 36.3 Å². The molecule has 4 rings (SSSR count). The van der Waals surface area contributed by atoms with E-state index in [1.807, 2.05) is 59.5 Å². The fourth-order valence-corrected chi connectivity index (χ4v) is 4.41. The number of para-hydroxylation sites is 1. The number of ketones is 2. The minimum atomic E-state index is -1.20. The highest BCUT2D eigenvalue weighted by Gasteiger charge is 2.44. The number of hydrogen-bond acceptors (Lipinski definition) is 5. The van der Waals surface area contributed by atoms with Crippen LogP contribution in [0, 0.1) is 23.7 Å². The Morgan fingerprint density at radius 2 is 1.84 bits per heavy atom. The molecule has 2 aliphatic rings. The lowest BCUT2D eigenvalue weighted by atomic mass is 9.75. The van der Waals surface area contributed by atoms with Crippen molar-refractivity contribution in [2.24, 2.45) is 11.8 Å². The van der Waals surface area contributed by atoms with Gasteiger partial charge in [-0.05, 0) is 35.7 Å². The van der Waals surface area contributed by atoms with Crippen LogP contribution in [0.1, 0.15) is 18.1 Å². The molecule has 2 aromatic rings. The molecule has 1 heterocycles. The number of halogens is 1. The second-order valence-corrected chi connectivity index (χ2v) is 8.44. The van der Waals surface area contributed by atoms with Crippen LogP contribution >= 0.6 is 11.6 Å². The predicted octanol–water partition coefficient (Wildman–Crippen LogP) is 3.58. The molecule has 0 radical (unpaired) electrons. The number of rotatable bonds is 4. The topological polar surface area (TPSA) is 66.5 Å². The van der Waals surface area contributed by atoms with Gasteiger partial charge in [0.25, 0.3) is 0 Å². The molecule has 1 N–H and O–H groups in total. The van der Waals surface area contributed by atoms with Crippen molar-refractivity contribution in [3.8, 4) is 11.8 Å². The molecule has 6 heteroatoms. The summed E-state index contributed by atoms with van der Waals surface area (Å²) in [4.78, 5) is 40.5. The summed E-state index contributed by atoms with van der Waals surface area (Å²) in [6, 6.07) is 17.6. The van der Waals surface area contributed by atoms with Crippen molar-refractivity contribution in [2.45, 2.75) is 19.9 Å². The first-order chi connectivity index (χ1) is 15.5. The van der Waals surface area contributed by atoms with E-state index in [0.717, 1.165) is 16.8 Å². The minimum absolute atomic E-state index is 0.224. The quantitative estimate of drug-likeness (QED) is 0.441. The lowest BCUT2D eigenvalue weighted by molar-refractivity contribution is -0.136. The van der Waals surface area contributed by atoms with E-state index >= 15 is 0 Å². The molecular weight excluding hydrogens is 424 g/mol. The Kier molecular flexibility index (Phi) is 6.55. The third kappa shape index (κ3) is 4.52. The zero-order chi connectivity index (χ0) is 22.7. The first-order valence-corrected chi connectivity index (χ1v) is 10.9. The highest BCUT2D eigenvalue weighted by atomic mass is 35.5. The van der Waals surface area contributed by atoms with Gasteiger partial charge in [0.05, 0.1) is 12.6 Å². The van der Waals surface area contributed by atoms with Gasteiger partial charge in [0.15, 0.2) is 11.6 Å². The molecule has 0 bridgehead atoms. The van der Waals surface area contributed by atoms with Crippen molar-refractivity contribution in [1.29, 1.82) is 0 Å². The lowest BCUT2D eigenvalue weighted by Gasteiger charge is -2.34. The number of carbonyl (C=O) groups excluding carboxylic acids is 3. The Bertz CT molecular complexity index is 1160. The van der Waals surface area contributed by atoms with Gasteiger partial charge in [-0.2, -0.15) is 0 Å². The van der Waals surface area contributed by atoms with E-state index in [-0.39, 0.29) is 17.9 Å². The number of Topliss-reactive ketones (excluding diaryl/α,β-unsaturated/α-hetero) is 2. The van der Waals surface area contributed by atoms with Gasteiger partial charge in [-0.3, -0.25) is 19.3 Å². The molecule has 32 heavy (non-hydrogen) atoms. The predicted molar refractivity (Wildman–Crippen MR) is 124 cm³/mol. The second-order valence-electron chi connectivity index (χ2n) is 8.06. The van der Waals surface area contributed by atoms with E-state index < -0.39 is 22.9 Å². The number of nitrogens with one attached hydrogen (secondary N) is 1. The lowest BCUT2D eigenvalue weighted by Crippen LogP contribution is -2.47. The fraction of sp³-hybridized carbons (Fsp3) is 0.269. The van der Waals surface area contributed by atoms with Crippen LogP contribution in [0.4, 0.5) is 5.69 Å². The summed E-state index contributed by atoms with van der Waals surface area (Å²) in [7, 11) is 0. The third-order valence-electron chi connectivity index (χ3n) is 5.94. The largest absolute Gasteiger partial charge is 0.372 e. The number of carbonyl (C=O) groups is 3. The van der Waals surface area contributed by atoms with E-state index in [1.54, 1.807) is 6.92 Å². The first-order valence-electron chi connectivity index (χ1n) is 10.5. The standard InChI is InChI=1S/C26H23ClN2O3/c1-17-20(12-7-10-18-8-3-2-4-9-18)23(26(27)32)25(31)21(24(17)30)15-29-14-19-11-5-6-13-22(19)28-16-29/h2-6,8-9,11,13,21,23,28H,10,14-16H2,1H3. The molecule has 0 amide bonds. The van der Waals surface area contributed by atoms with Crippen LogP contribution in [0.25, 0.3) is 0 Å². The number of anilines is 1. The maximum atomic E-state index is 13.2. The van der Waals surface area contributed by atoms with Crippen molar-refractivity contribution in [3.63, 3.8) is 0 Å². The zero-order valence-electron chi connectivity index (χ0n) is 17.7. The third-order valence-corrected chi connectivity index (χ3v) is 6.16. The Labute approximate surface area is 192 Å². The van der Waals surface area contributed by atoms with Crippen LogP contribution in [0.3, 0.4) is 0 Å². The fourth-order valence-electron chi connectivity index (χ4n) is 4.20. The van der Waals surface area contributed by atoms with E-state index in [1.165, 1.54) is 0 Å². The Morgan fingerprint density at radius 1 is 1.12 bits per heavy atom. The summed E-state index contributed by atoms with van der Waals surface area (Å²) >= 11 is 5.83. The molecule has 0 saturated heterocycles. The van der Waals surface area contributed by atoms with Crippen LogP contribution < -0.4 is 5.32 Å². The number of fused-ring (bicyclic) bond motifs is 1. The van der Waals surface area contributed by atoms with Crippen molar-refractivity contribution in [3.05, 3.63) is 76.9 Å². The summed E-state index contributed by atoms with van der Waals surface area (Å²) in [6.07, 6.45) is 0.450. The van der Waals surface area contributed by atoms with Crippen LogP contribution in [-0.2, 0) is 27.3 Å². The molecule has 2 atom stereocenters. The zero-order valence-corrected chi connectivity index (χ0v) is 18.5. The maximum absolute atomic E-state index is 13.2. The monoisotopic (exact) mass is 446 g/mol. The normalized spacial score (nSPS) is 20.8. The van der Waals surface area contributed by atoms with Gasteiger partial charge < -0.3 is 5.32 Å². The van der Waals surface area contributed by atoms with Crippen molar-refractivity contribution in [2.75, 3.05) is 18.5 Å². The van der Waals surface area contributed by atoms with Gasteiger partial charge in [-0.1, -0.05) is 60.4 Å². The van der Waals surface area contributed by atoms with Gasteiger partial charge in [0.1, 0.15) is 5.92 Å². The van der Waals surface area contributed by atoms with Crippen molar-refractivity contribution >= 4 is 34.1 Å². The van der Waals surface area contributed by atoms with Crippen LogP contribution in [-0.4, -0.2) is 34.9 Å². The molecule has 2 aromatic carbocycles. The average molecular weight is 447 g/mol. The van der Waals surface area contributed by atoms with Crippen LogP contribution in [0.15, 0.2) is 65.7 Å². The first kappa shape index (κ1) is 22.0. The maximum Gasteiger partial charge on any atom is 0.237 e. The molecule has 1 aliphatic carbocycles. The molecule has 0 aromatic heterocycles. The number of nitrogens with zero attached hydrogens (tertiary/aromatic N) is 1. The molecular formula is C26H23ClN2O3. The SMILES string of the molecule is CC1=C(C#CCc2ccccc2)C(C(=O)Cl)C(=O)C(CN2CNc3ccccc3C2)C1=O. The summed E-state index contributed by atoms with van der Waals surface area (Å²) < 4.78 is 0. The van der Waals surface area contributed by atoms with Gasteiger partial charge >= 0.3 is 0 Å². The van der Waals surface area contributed by atoms with E-state index in [9.17, 15) is 14.4 Å². The molecule has 1 aliphatic heterocycles. The van der Waals surface area contributed by atoms with E-state index in [2.05, 4.69) is 17.2 Å². The number of allylic oxidation sites excluding steroid dienone is 2. The minimum Gasteiger partial charge on any atom is -0.372 e. The molecule has 0 spiro atoms. The van der Waals surface area contributed by atoms with Crippen LogP contribution in [0.2, 0.25) is 0 Å². The molecule has 0 saturated carbocycles.